The van der Waals surface area contributed by atoms with E-state index in [-0.39, 0.29) is 24.5 Å². The molecule has 0 spiro atoms. The third kappa shape index (κ3) is 4.76. The summed E-state index contributed by atoms with van der Waals surface area (Å²) in [6.45, 7) is 0.312. The fraction of sp³-hybridized carbons (Fsp3) is 0.944. The van der Waals surface area contributed by atoms with Crippen molar-refractivity contribution >= 4 is 26.1 Å². The zero-order valence-corrected chi connectivity index (χ0v) is 19.0. The van der Waals surface area contributed by atoms with Crippen LogP contribution in [0.25, 0.3) is 0 Å². The minimum absolute atomic E-state index is 0.0675. The number of hydrogen-bond donors (Lipinski definition) is 2. The summed E-state index contributed by atoms with van der Waals surface area (Å²) in [7, 11) is -7.36. The molecule has 2 saturated heterocycles. The van der Waals surface area contributed by atoms with Gasteiger partial charge < -0.3 is 9.84 Å². The maximum atomic E-state index is 15.6. The van der Waals surface area contributed by atoms with E-state index in [9.17, 15) is 26.7 Å². The Bertz CT molecular complexity index is 907. The van der Waals surface area contributed by atoms with Crippen molar-refractivity contribution in [2.24, 2.45) is 11.8 Å². The van der Waals surface area contributed by atoms with E-state index in [4.69, 9.17) is 4.74 Å². The minimum Gasteiger partial charge on any atom is -0.391 e. The molecule has 2 aliphatic heterocycles. The maximum Gasteiger partial charge on any atom is 0.304 e. The lowest BCUT2D eigenvalue weighted by molar-refractivity contribution is -0.122. The van der Waals surface area contributed by atoms with E-state index in [2.05, 4.69) is 0 Å². The van der Waals surface area contributed by atoms with Crippen molar-refractivity contribution in [2.45, 2.75) is 69.1 Å². The first-order valence-corrected chi connectivity index (χ1v) is 14.0. The van der Waals surface area contributed by atoms with Gasteiger partial charge in [-0.05, 0) is 50.4 Å². The number of piperidine rings is 1. The van der Waals surface area contributed by atoms with Gasteiger partial charge in [-0.15, -0.1) is 0 Å². The molecule has 4 aliphatic rings. The summed E-state index contributed by atoms with van der Waals surface area (Å²) < 4.78 is 73.5. The number of aliphatic hydroxyl groups is 1. The van der Waals surface area contributed by atoms with Crippen molar-refractivity contribution in [2.75, 3.05) is 25.9 Å². The van der Waals surface area contributed by atoms with Crippen LogP contribution < -0.4 is 4.72 Å². The summed E-state index contributed by atoms with van der Waals surface area (Å²) in [5.41, 5.74) is 0. The van der Waals surface area contributed by atoms with Crippen LogP contribution in [-0.2, 0) is 29.8 Å². The molecule has 0 aromatic heterocycles. The number of carbonyl (C=O) groups excluding carboxylic acids is 1. The molecule has 2 saturated carbocycles. The van der Waals surface area contributed by atoms with Crippen LogP contribution in [0.15, 0.2) is 0 Å². The van der Waals surface area contributed by atoms with Crippen LogP contribution in [-0.4, -0.2) is 92.9 Å². The number of fused-ring (bicyclic) bond motifs is 1. The maximum absolute atomic E-state index is 15.6. The van der Waals surface area contributed by atoms with Gasteiger partial charge >= 0.3 is 10.2 Å². The number of nitrogens with one attached hydrogen (secondary N) is 1. The van der Waals surface area contributed by atoms with Gasteiger partial charge in [0, 0.05) is 13.1 Å². The van der Waals surface area contributed by atoms with Crippen LogP contribution in [0.2, 0.25) is 0 Å². The zero-order chi connectivity index (χ0) is 22.6. The van der Waals surface area contributed by atoms with Crippen LogP contribution in [0.1, 0.15) is 38.5 Å². The van der Waals surface area contributed by atoms with E-state index in [1.165, 1.54) is 10.6 Å². The molecule has 0 bridgehead atoms. The molecular weight excluding hydrogens is 453 g/mol. The van der Waals surface area contributed by atoms with Crippen molar-refractivity contribution in [3.63, 3.8) is 0 Å². The highest BCUT2D eigenvalue weighted by Gasteiger charge is 2.54. The van der Waals surface area contributed by atoms with Gasteiger partial charge in [0.25, 0.3) is 0 Å². The molecular formula is C18H30FN3O7S2. The molecule has 2 aliphatic carbocycles. The van der Waals surface area contributed by atoms with Gasteiger partial charge in [0.2, 0.25) is 15.9 Å². The van der Waals surface area contributed by atoms with Crippen molar-refractivity contribution in [1.82, 2.24) is 13.3 Å². The molecule has 6 unspecified atom stereocenters. The summed E-state index contributed by atoms with van der Waals surface area (Å²) in [5, 5.41) is 10.5. The molecule has 13 heteroatoms. The Kier molecular flexibility index (Phi) is 6.38. The molecule has 31 heavy (non-hydrogen) atoms. The normalized spacial score (nSPS) is 40.4. The van der Waals surface area contributed by atoms with Gasteiger partial charge in [0.1, 0.15) is 6.17 Å². The van der Waals surface area contributed by atoms with Gasteiger partial charge in [0.15, 0.2) is 0 Å². The minimum atomic E-state index is -4.14. The Labute approximate surface area is 182 Å². The lowest BCUT2D eigenvalue weighted by Crippen LogP contribution is -2.59. The molecule has 2 heterocycles. The van der Waals surface area contributed by atoms with Crippen molar-refractivity contribution < 1.29 is 35.9 Å². The highest BCUT2D eigenvalue weighted by Crippen LogP contribution is 2.45. The van der Waals surface area contributed by atoms with Crippen molar-refractivity contribution in [3.05, 3.63) is 0 Å². The predicted octanol–water partition coefficient (Wildman–Crippen LogP) is -0.640. The summed E-state index contributed by atoms with van der Waals surface area (Å²) in [4.78, 5) is 11.6. The average molecular weight is 484 g/mol. The van der Waals surface area contributed by atoms with E-state index in [0.29, 0.717) is 38.8 Å². The van der Waals surface area contributed by atoms with Crippen LogP contribution in [0.4, 0.5) is 4.39 Å². The van der Waals surface area contributed by atoms with Crippen molar-refractivity contribution in [3.8, 4) is 0 Å². The topological polar surface area (TPSA) is 133 Å². The Hall–Kier alpha value is -0.860. The van der Waals surface area contributed by atoms with Gasteiger partial charge in [0.05, 0.1) is 37.2 Å². The number of carbonyl (C=O) groups is 1. The van der Waals surface area contributed by atoms with E-state index < -0.39 is 56.9 Å². The second kappa shape index (κ2) is 8.49. The first-order chi connectivity index (χ1) is 14.5. The summed E-state index contributed by atoms with van der Waals surface area (Å²) in [6.07, 6.45) is 1.39. The molecule has 0 radical (unpaired) electrons. The zero-order valence-electron chi connectivity index (χ0n) is 17.4. The second-order valence-electron chi connectivity index (χ2n) is 9.17. The number of ether oxygens (including phenoxy) is 1. The first kappa shape index (κ1) is 23.3. The van der Waals surface area contributed by atoms with Gasteiger partial charge in [-0.25, -0.2) is 21.8 Å². The summed E-state index contributed by atoms with van der Waals surface area (Å²) in [6, 6.07) is -1.29. The SMILES string of the molecule is CS(=O)(=O)N1CCC(OC2CCC3CC(O)C(N4CC(=O)NS4(=O)=O)C(F)C3C2)CC1. The van der Waals surface area contributed by atoms with Gasteiger partial charge in [-0.3, -0.25) is 4.79 Å². The second-order valence-corrected chi connectivity index (χ2v) is 12.8. The fourth-order valence-electron chi connectivity index (χ4n) is 5.60. The number of halogens is 1. The first-order valence-electron chi connectivity index (χ1n) is 10.7. The average Bonchev–Trinajstić information content (AvgIpc) is 2.94. The molecule has 10 nitrogen and oxygen atoms in total. The molecule has 4 fully saturated rings. The number of rotatable bonds is 4. The number of hydrogen-bond acceptors (Lipinski definition) is 7. The highest BCUT2D eigenvalue weighted by atomic mass is 32.2. The van der Waals surface area contributed by atoms with Crippen LogP contribution in [0.5, 0.6) is 0 Å². The molecule has 178 valence electrons. The highest BCUT2D eigenvalue weighted by molar-refractivity contribution is 7.88. The standard InChI is InChI=1S/C18H30FN3O7S2/c1-30(25,26)21-6-4-12(5-7-21)29-13-3-2-11-8-15(23)18(17(19)14(11)9-13)22-10-16(24)20-31(22,27)28/h11-15,17-18,23H,2-10H2,1H3,(H,20,24). The lowest BCUT2D eigenvalue weighted by atomic mass is 9.66. The Balaban J connectivity index is 1.39. The molecule has 1 amide bonds. The molecule has 2 N–H and O–H groups in total. The van der Waals surface area contributed by atoms with E-state index in [0.717, 1.165) is 10.7 Å². The Morgan fingerprint density at radius 3 is 2.39 bits per heavy atom. The Morgan fingerprint density at radius 1 is 1.13 bits per heavy atom. The predicted molar refractivity (Wildman–Crippen MR) is 108 cm³/mol. The van der Waals surface area contributed by atoms with E-state index in [1.54, 1.807) is 0 Å². The third-order valence-electron chi connectivity index (χ3n) is 7.11. The number of alkyl halides is 1. The van der Waals surface area contributed by atoms with Gasteiger partial charge in [-0.1, -0.05) is 0 Å². The van der Waals surface area contributed by atoms with Crippen LogP contribution >= 0.6 is 0 Å². The van der Waals surface area contributed by atoms with Gasteiger partial charge in [-0.2, -0.15) is 12.7 Å². The molecule has 0 aromatic carbocycles. The summed E-state index contributed by atoms with van der Waals surface area (Å²) >= 11 is 0. The van der Waals surface area contributed by atoms with Crippen LogP contribution in [0, 0.1) is 11.8 Å². The summed E-state index contributed by atoms with van der Waals surface area (Å²) in [5.74, 6) is -1.26. The van der Waals surface area contributed by atoms with Crippen molar-refractivity contribution in [1.29, 1.82) is 0 Å². The fourth-order valence-corrected chi connectivity index (χ4v) is 7.81. The smallest absolute Gasteiger partial charge is 0.304 e. The lowest BCUT2D eigenvalue weighted by Gasteiger charge is -2.48. The number of sulfonamides is 1. The number of nitrogens with zero attached hydrogens (tertiary/aromatic N) is 2. The largest absolute Gasteiger partial charge is 0.391 e. The monoisotopic (exact) mass is 483 g/mol. The van der Waals surface area contributed by atoms with E-state index in [1.807, 2.05) is 4.72 Å². The molecule has 4 rings (SSSR count). The quantitative estimate of drug-likeness (QED) is 0.543. The third-order valence-corrected chi connectivity index (χ3v) is 9.89. The molecule has 0 aromatic rings. The van der Waals surface area contributed by atoms with E-state index >= 15 is 4.39 Å². The Morgan fingerprint density at radius 2 is 1.81 bits per heavy atom. The molecule has 6 atom stereocenters. The number of aliphatic hydroxyl groups excluding tert-OH is 1. The van der Waals surface area contributed by atoms with Crippen LogP contribution in [0.3, 0.4) is 0 Å². The number of amides is 1.